The van der Waals surface area contributed by atoms with Crippen LogP contribution in [0.3, 0.4) is 0 Å². The predicted molar refractivity (Wildman–Crippen MR) is 121 cm³/mol. The highest BCUT2D eigenvalue weighted by molar-refractivity contribution is 5.85. The summed E-state index contributed by atoms with van der Waals surface area (Å²) in [6, 6.07) is 16.1. The maximum Gasteiger partial charge on any atom is 0.124 e. The second-order valence-electron chi connectivity index (χ2n) is 7.29. The number of ether oxygens (including phenoxy) is 3. The molecule has 30 heavy (non-hydrogen) atoms. The predicted octanol–water partition coefficient (Wildman–Crippen LogP) is 4.16. The monoisotopic (exact) mass is 431 g/mol. The van der Waals surface area contributed by atoms with Crippen molar-refractivity contribution >= 4 is 23.4 Å². The van der Waals surface area contributed by atoms with Gasteiger partial charge in [0.2, 0.25) is 0 Å². The summed E-state index contributed by atoms with van der Waals surface area (Å²) in [5.74, 6) is 2.87. The molecule has 0 atom stereocenters. The molecule has 0 unspecified atom stereocenters. The van der Waals surface area contributed by atoms with Gasteiger partial charge in [0.05, 0.1) is 44.5 Å². The fourth-order valence-electron chi connectivity index (χ4n) is 3.69. The Morgan fingerprint density at radius 2 is 1.70 bits per heavy atom. The molecule has 7 heteroatoms. The minimum Gasteiger partial charge on any atom is -0.497 e. The zero-order valence-corrected chi connectivity index (χ0v) is 18.3. The molecule has 4 rings (SSSR count). The van der Waals surface area contributed by atoms with Crippen molar-refractivity contribution < 1.29 is 14.2 Å². The molecule has 0 radical (unpaired) electrons. The fourth-order valence-corrected chi connectivity index (χ4v) is 3.69. The summed E-state index contributed by atoms with van der Waals surface area (Å²) in [6.07, 6.45) is 2.04. The topological polar surface area (TPSA) is 48.8 Å². The number of aryl methyl sites for hydroxylation is 1. The van der Waals surface area contributed by atoms with E-state index in [1.54, 1.807) is 7.11 Å². The quantitative estimate of drug-likeness (QED) is 0.476. The molecular weight excluding hydrogens is 402 g/mol. The van der Waals surface area contributed by atoms with E-state index in [1.807, 2.05) is 24.3 Å². The van der Waals surface area contributed by atoms with Gasteiger partial charge in [-0.3, -0.25) is 4.90 Å². The van der Waals surface area contributed by atoms with Crippen molar-refractivity contribution in [2.75, 3.05) is 40.0 Å². The molecule has 1 fully saturated rings. The Bertz CT molecular complexity index is 908. The summed E-state index contributed by atoms with van der Waals surface area (Å²) in [6.45, 7) is 6.09. The lowest BCUT2D eigenvalue weighted by molar-refractivity contribution is 0.0326. The summed E-state index contributed by atoms with van der Waals surface area (Å²) in [5, 5.41) is 0. The largest absolute Gasteiger partial charge is 0.497 e. The van der Waals surface area contributed by atoms with Crippen LogP contribution in [0.25, 0.3) is 11.0 Å². The molecular formula is C23H30ClN3O3. The number of hydrogen-bond acceptors (Lipinski definition) is 5. The first-order valence-corrected chi connectivity index (χ1v) is 10.3. The average Bonchev–Trinajstić information content (AvgIpc) is 3.11. The van der Waals surface area contributed by atoms with Crippen LogP contribution in [0.2, 0.25) is 0 Å². The first-order chi connectivity index (χ1) is 14.3. The number of para-hydroxylation sites is 2. The second kappa shape index (κ2) is 11.2. The number of methoxy groups -OCH3 is 1. The number of fused-ring (bicyclic) bond motifs is 1. The van der Waals surface area contributed by atoms with Crippen LogP contribution in [-0.4, -0.2) is 54.5 Å². The molecule has 3 aromatic rings. The van der Waals surface area contributed by atoms with E-state index in [-0.39, 0.29) is 12.4 Å². The molecule has 0 spiro atoms. The standard InChI is InChI=1S/C23H29N3O3.ClH/c1-27-19-8-10-20(11-9-19)29-15-5-4-12-26-22-7-3-2-6-21(22)24-23(26)18-25-13-16-28-17-14-25;/h2-3,6-11H,4-5,12-18H2,1H3;1H. The third kappa shape index (κ3) is 5.65. The molecule has 0 N–H and O–H groups in total. The summed E-state index contributed by atoms with van der Waals surface area (Å²) >= 11 is 0. The first-order valence-electron chi connectivity index (χ1n) is 10.3. The summed E-state index contributed by atoms with van der Waals surface area (Å²) in [4.78, 5) is 7.33. The summed E-state index contributed by atoms with van der Waals surface area (Å²) in [7, 11) is 1.67. The minimum atomic E-state index is 0. The van der Waals surface area contributed by atoms with Crippen LogP contribution in [0.15, 0.2) is 48.5 Å². The zero-order chi connectivity index (χ0) is 19.9. The van der Waals surface area contributed by atoms with Crippen molar-refractivity contribution in [3.05, 3.63) is 54.4 Å². The normalized spacial score (nSPS) is 14.4. The number of benzene rings is 2. The van der Waals surface area contributed by atoms with E-state index in [4.69, 9.17) is 19.2 Å². The maximum atomic E-state index is 5.86. The fraction of sp³-hybridized carbons (Fsp3) is 0.435. The smallest absolute Gasteiger partial charge is 0.124 e. The molecule has 0 aliphatic carbocycles. The van der Waals surface area contributed by atoms with Gasteiger partial charge in [-0.1, -0.05) is 12.1 Å². The first kappa shape index (κ1) is 22.4. The van der Waals surface area contributed by atoms with Crippen LogP contribution in [0, 0.1) is 0 Å². The van der Waals surface area contributed by atoms with Gasteiger partial charge in [-0.2, -0.15) is 0 Å². The maximum absolute atomic E-state index is 5.86. The van der Waals surface area contributed by atoms with Crippen molar-refractivity contribution in [1.29, 1.82) is 0 Å². The number of nitrogens with zero attached hydrogens (tertiary/aromatic N) is 3. The number of rotatable bonds is 9. The van der Waals surface area contributed by atoms with Gasteiger partial charge in [-0.05, 0) is 49.2 Å². The van der Waals surface area contributed by atoms with E-state index in [0.29, 0.717) is 6.61 Å². The molecule has 1 aliphatic heterocycles. The van der Waals surface area contributed by atoms with E-state index < -0.39 is 0 Å². The van der Waals surface area contributed by atoms with Crippen molar-refractivity contribution in [2.24, 2.45) is 0 Å². The van der Waals surface area contributed by atoms with Crippen LogP contribution in [0.1, 0.15) is 18.7 Å². The number of unbranched alkanes of at least 4 members (excludes halogenated alkanes) is 1. The van der Waals surface area contributed by atoms with Crippen molar-refractivity contribution in [3.8, 4) is 11.5 Å². The SMILES string of the molecule is COc1ccc(OCCCCn2c(CN3CCOCC3)nc3ccccc32)cc1.Cl. The molecule has 1 aliphatic rings. The summed E-state index contributed by atoms with van der Waals surface area (Å²) in [5.41, 5.74) is 2.29. The molecule has 0 amide bonds. The number of aromatic nitrogens is 2. The van der Waals surface area contributed by atoms with Gasteiger partial charge in [0, 0.05) is 19.6 Å². The Labute approximate surface area is 184 Å². The number of halogens is 1. The highest BCUT2D eigenvalue weighted by atomic mass is 35.5. The lowest BCUT2D eigenvalue weighted by Gasteiger charge is -2.26. The van der Waals surface area contributed by atoms with Gasteiger partial charge < -0.3 is 18.8 Å². The van der Waals surface area contributed by atoms with Crippen molar-refractivity contribution in [3.63, 3.8) is 0 Å². The Kier molecular flexibility index (Phi) is 8.37. The van der Waals surface area contributed by atoms with E-state index >= 15 is 0 Å². The van der Waals surface area contributed by atoms with E-state index in [2.05, 4.69) is 33.7 Å². The molecule has 1 aromatic heterocycles. The van der Waals surface area contributed by atoms with Gasteiger partial charge in [-0.15, -0.1) is 12.4 Å². The highest BCUT2D eigenvalue weighted by Gasteiger charge is 2.16. The number of hydrogen-bond donors (Lipinski definition) is 0. The van der Waals surface area contributed by atoms with Gasteiger partial charge in [-0.25, -0.2) is 4.98 Å². The summed E-state index contributed by atoms with van der Waals surface area (Å²) < 4.78 is 18.9. The number of imidazole rings is 1. The molecule has 6 nitrogen and oxygen atoms in total. The van der Waals surface area contributed by atoms with Gasteiger partial charge in [0.1, 0.15) is 17.3 Å². The van der Waals surface area contributed by atoms with Crippen LogP contribution < -0.4 is 9.47 Å². The molecule has 2 heterocycles. The average molecular weight is 432 g/mol. The Balaban J connectivity index is 0.00000256. The van der Waals surface area contributed by atoms with Crippen LogP contribution >= 0.6 is 12.4 Å². The van der Waals surface area contributed by atoms with Gasteiger partial charge >= 0.3 is 0 Å². The van der Waals surface area contributed by atoms with E-state index in [1.165, 1.54) is 5.52 Å². The Hall–Kier alpha value is -2.28. The third-order valence-electron chi connectivity index (χ3n) is 5.31. The van der Waals surface area contributed by atoms with Crippen molar-refractivity contribution in [2.45, 2.75) is 25.9 Å². The van der Waals surface area contributed by atoms with E-state index in [9.17, 15) is 0 Å². The number of morpholine rings is 1. The highest BCUT2D eigenvalue weighted by Crippen LogP contribution is 2.20. The minimum absolute atomic E-state index is 0. The van der Waals surface area contributed by atoms with Crippen LogP contribution in [-0.2, 0) is 17.8 Å². The van der Waals surface area contributed by atoms with E-state index in [0.717, 1.165) is 75.1 Å². The van der Waals surface area contributed by atoms with Crippen LogP contribution in [0.5, 0.6) is 11.5 Å². The third-order valence-corrected chi connectivity index (χ3v) is 5.31. The van der Waals surface area contributed by atoms with Crippen LogP contribution in [0.4, 0.5) is 0 Å². The second-order valence-corrected chi connectivity index (χ2v) is 7.29. The van der Waals surface area contributed by atoms with Gasteiger partial charge in [0.25, 0.3) is 0 Å². The lowest BCUT2D eigenvalue weighted by Crippen LogP contribution is -2.36. The van der Waals surface area contributed by atoms with Crippen molar-refractivity contribution in [1.82, 2.24) is 14.5 Å². The zero-order valence-electron chi connectivity index (χ0n) is 17.5. The molecule has 1 saturated heterocycles. The van der Waals surface area contributed by atoms with Gasteiger partial charge in [0.15, 0.2) is 0 Å². The Morgan fingerprint density at radius 1 is 0.967 bits per heavy atom. The molecule has 0 saturated carbocycles. The Morgan fingerprint density at radius 3 is 2.47 bits per heavy atom. The molecule has 162 valence electrons. The molecule has 2 aromatic carbocycles. The lowest BCUT2D eigenvalue weighted by atomic mass is 10.3. The molecule has 0 bridgehead atoms.